The second kappa shape index (κ2) is 13.1. The second-order valence-electron chi connectivity index (χ2n) is 6.67. The highest BCUT2D eigenvalue weighted by molar-refractivity contribution is 5.85. The summed E-state index contributed by atoms with van der Waals surface area (Å²) in [6.45, 7) is 9.45. The maximum atomic E-state index is 6.06. The highest BCUT2D eigenvalue weighted by Gasteiger charge is 2.09. The molecular formula is C24H34ClNO2. The fourth-order valence-electron chi connectivity index (χ4n) is 3.04. The molecule has 0 radical (unpaired) electrons. The molecule has 0 spiro atoms. The van der Waals surface area contributed by atoms with E-state index in [2.05, 4.69) is 62.1 Å². The van der Waals surface area contributed by atoms with E-state index in [0.29, 0.717) is 0 Å². The van der Waals surface area contributed by atoms with E-state index in [1.807, 2.05) is 18.2 Å². The van der Waals surface area contributed by atoms with Gasteiger partial charge >= 0.3 is 0 Å². The second-order valence-corrected chi connectivity index (χ2v) is 6.67. The van der Waals surface area contributed by atoms with E-state index >= 15 is 0 Å². The molecule has 28 heavy (non-hydrogen) atoms. The molecule has 0 heterocycles. The first kappa shape index (κ1) is 23.9. The molecule has 2 aromatic carbocycles. The predicted octanol–water partition coefficient (Wildman–Crippen LogP) is 6.70. The molecule has 0 fully saturated rings. The minimum atomic E-state index is 0. The van der Waals surface area contributed by atoms with E-state index in [1.165, 1.54) is 5.69 Å². The van der Waals surface area contributed by atoms with Gasteiger partial charge in [0, 0.05) is 30.4 Å². The van der Waals surface area contributed by atoms with Gasteiger partial charge in [0.05, 0.1) is 13.7 Å². The lowest BCUT2D eigenvalue weighted by Crippen LogP contribution is -2.24. The van der Waals surface area contributed by atoms with Crippen LogP contribution in [0.2, 0.25) is 0 Å². The minimum absolute atomic E-state index is 0. The molecule has 4 heteroatoms. The molecule has 154 valence electrons. The Balaban J connectivity index is 0.00000392. The quantitative estimate of drug-likeness (QED) is 0.389. The van der Waals surface area contributed by atoms with Gasteiger partial charge in [0.15, 0.2) is 0 Å². The SMILES string of the molecule is CCCOc1cc(N(CCC)CCC)ccc1/C=C/c1cccc(OC)c1.Cl. The van der Waals surface area contributed by atoms with Crippen molar-refractivity contribution in [3.63, 3.8) is 0 Å². The first-order chi connectivity index (χ1) is 13.2. The van der Waals surface area contributed by atoms with E-state index in [1.54, 1.807) is 7.11 Å². The van der Waals surface area contributed by atoms with Crippen LogP contribution >= 0.6 is 12.4 Å². The topological polar surface area (TPSA) is 21.7 Å². The summed E-state index contributed by atoms with van der Waals surface area (Å²) >= 11 is 0. The van der Waals surface area contributed by atoms with Gasteiger partial charge in [-0.1, -0.05) is 45.1 Å². The number of hydrogen-bond acceptors (Lipinski definition) is 3. The molecule has 2 rings (SSSR count). The fourth-order valence-corrected chi connectivity index (χ4v) is 3.04. The molecule has 0 atom stereocenters. The number of anilines is 1. The molecule has 0 saturated carbocycles. The molecule has 0 aliphatic carbocycles. The van der Waals surface area contributed by atoms with Crippen molar-refractivity contribution in [2.24, 2.45) is 0 Å². The summed E-state index contributed by atoms with van der Waals surface area (Å²) in [5, 5.41) is 0. The summed E-state index contributed by atoms with van der Waals surface area (Å²) < 4.78 is 11.4. The van der Waals surface area contributed by atoms with E-state index in [9.17, 15) is 0 Å². The van der Waals surface area contributed by atoms with Gasteiger partial charge in [-0.3, -0.25) is 0 Å². The van der Waals surface area contributed by atoms with Gasteiger partial charge in [-0.15, -0.1) is 12.4 Å². The minimum Gasteiger partial charge on any atom is -0.497 e. The third-order valence-corrected chi connectivity index (χ3v) is 4.36. The molecule has 0 aliphatic rings. The third-order valence-electron chi connectivity index (χ3n) is 4.36. The molecule has 3 nitrogen and oxygen atoms in total. The maximum Gasteiger partial charge on any atom is 0.128 e. The zero-order valence-electron chi connectivity index (χ0n) is 17.6. The van der Waals surface area contributed by atoms with Crippen molar-refractivity contribution in [3.8, 4) is 11.5 Å². The van der Waals surface area contributed by atoms with Gasteiger partial charge in [-0.2, -0.15) is 0 Å². The number of nitrogens with zero attached hydrogens (tertiary/aromatic N) is 1. The lowest BCUT2D eigenvalue weighted by molar-refractivity contribution is 0.317. The molecule has 0 unspecified atom stereocenters. The van der Waals surface area contributed by atoms with Crippen LogP contribution in [0.4, 0.5) is 5.69 Å². The van der Waals surface area contributed by atoms with E-state index in [-0.39, 0.29) is 12.4 Å². The summed E-state index contributed by atoms with van der Waals surface area (Å²) in [5.41, 5.74) is 3.45. The molecular weight excluding hydrogens is 370 g/mol. The van der Waals surface area contributed by atoms with Crippen molar-refractivity contribution in [1.29, 1.82) is 0 Å². The first-order valence-electron chi connectivity index (χ1n) is 10.1. The zero-order valence-corrected chi connectivity index (χ0v) is 18.4. The van der Waals surface area contributed by atoms with Gasteiger partial charge in [0.25, 0.3) is 0 Å². The van der Waals surface area contributed by atoms with Crippen molar-refractivity contribution in [1.82, 2.24) is 0 Å². The van der Waals surface area contributed by atoms with Crippen molar-refractivity contribution in [2.75, 3.05) is 31.7 Å². The van der Waals surface area contributed by atoms with Crippen LogP contribution in [0.5, 0.6) is 11.5 Å². The monoisotopic (exact) mass is 403 g/mol. The molecule has 0 aromatic heterocycles. The largest absolute Gasteiger partial charge is 0.497 e. The molecule has 0 saturated heterocycles. The summed E-state index contributed by atoms with van der Waals surface area (Å²) in [4.78, 5) is 2.44. The van der Waals surface area contributed by atoms with Crippen LogP contribution in [0.1, 0.15) is 51.2 Å². The van der Waals surface area contributed by atoms with Crippen LogP contribution < -0.4 is 14.4 Å². The van der Waals surface area contributed by atoms with Crippen LogP contribution in [-0.4, -0.2) is 26.8 Å². The average Bonchev–Trinajstić information content (AvgIpc) is 2.71. The summed E-state index contributed by atoms with van der Waals surface area (Å²) in [6.07, 6.45) is 7.50. The van der Waals surface area contributed by atoms with Crippen LogP contribution in [0.3, 0.4) is 0 Å². The van der Waals surface area contributed by atoms with Gasteiger partial charge < -0.3 is 14.4 Å². The number of benzene rings is 2. The van der Waals surface area contributed by atoms with Crippen LogP contribution in [0, 0.1) is 0 Å². The van der Waals surface area contributed by atoms with Crippen LogP contribution in [-0.2, 0) is 0 Å². The molecule has 0 aliphatic heterocycles. The number of hydrogen-bond donors (Lipinski definition) is 0. The molecule has 0 N–H and O–H groups in total. The summed E-state index contributed by atoms with van der Waals surface area (Å²) in [7, 11) is 1.69. The molecule has 0 bridgehead atoms. The Bertz CT molecular complexity index is 724. The molecule has 0 amide bonds. The highest BCUT2D eigenvalue weighted by atomic mass is 35.5. The Hall–Kier alpha value is -2.13. The predicted molar refractivity (Wildman–Crippen MR) is 124 cm³/mol. The number of rotatable bonds is 11. The van der Waals surface area contributed by atoms with Crippen LogP contribution in [0.15, 0.2) is 42.5 Å². The maximum absolute atomic E-state index is 6.06. The van der Waals surface area contributed by atoms with Crippen molar-refractivity contribution in [3.05, 3.63) is 53.6 Å². The zero-order chi connectivity index (χ0) is 19.5. The highest BCUT2D eigenvalue weighted by Crippen LogP contribution is 2.28. The number of methoxy groups -OCH3 is 1. The van der Waals surface area contributed by atoms with E-state index in [4.69, 9.17) is 9.47 Å². The lowest BCUT2D eigenvalue weighted by atomic mass is 10.1. The van der Waals surface area contributed by atoms with Gasteiger partial charge in [0.1, 0.15) is 11.5 Å². The Morgan fingerprint density at radius 3 is 2.29 bits per heavy atom. The van der Waals surface area contributed by atoms with Crippen LogP contribution in [0.25, 0.3) is 12.2 Å². The summed E-state index contributed by atoms with van der Waals surface area (Å²) in [5.74, 6) is 1.82. The smallest absolute Gasteiger partial charge is 0.128 e. The fraction of sp³-hybridized carbons (Fsp3) is 0.417. The van der Waals surface area contributed by atoms with Gasteiger partial charge in [-0.05, 0) is 49.1 Å². The third kappa shape index (κ3) is 7.12. The Morgan fingerprint density at radius 1 is 0.893 bits per heavy atom. The Labute approximate surface area is 176 Å². The molecule has 2 aromatic rings. The van der Waals surface area contributed by atoms with Crippen molar-refractivity contribution in [2.45, 2.75) is 40.0 Å². The number of halogens is 1. The van der Waals surface area contributed by atoms with Gasteiger partial charge in [-0.25, -0.2) is 0 Å². The average molecular weight is 404 g/mol. The van der Waals surface area contributed by atoms with E-state index in [0.717, 1.165) is 61.6 Å². The van der Waals surface area contributed by atoms with E-state index < -0.39 is 0 Å². The standard InChI is InChI=1S/C24H33NO2.ClH/c1-5-15-25(16-6-2)22-14-13-21(24(19-22)27-17-7-3)12-11-20-9-8-10-23(18-20)26-4;/h8-14,18-19H,5-7,15-17H2,1-4H3;1H/b12-11+;. The Kier molecular flexibility index (Phi) is 11.2. The van der Waals surface area contributed by atoms with Crippen molar-refractivity contribution < 1.29 is 9.47 Å². The number of ether oxygens (including phenoxy) is 2. The van der Waals surface area contributed by atoms with Crippen molar-refractivity contribution >= 4 is 30.2 Å². The summed E-state index contributed by atoms with van der Waals surface area (Å²) in [6, 6.07) is 14.6. The normalized spacial score (nSPS) is 10.6. The van der Waals surface area contributed by atoms with Gasteiger partial charge in [0.2, 0.25) is 0 Å². The Morgan fingerprint density at radius 2 is 1.64 bits per heavy atom. The lowest BCUT2D eigenvalue weighted by Gasteiger charge is -2.25. The first-order valence-corrected chi connectivity index (χ1v) is 10.1.